The molecule has 2 atom stereocenters. The lowest BCUT2D eigenvalue weighted by molar-refractivity contribution is -0.156. The van der Waals surface area contributed by atoms with Gasteiger partial charge in [0.05, 0.1) is 17.6 Å². The molecule has 0 bridgehead atoms. The summed E-state index contributed by atoms with van der Waals surface area (Å²) in [4.78, 5) is 22.1. The van der Waals surface area contributed by atoms with Crippen molar-refractivity contribution in [3.8, 4) is 0 Å². The predicted molar refractivity (Wildman–Crippen MR) is 65.0 cm³/mol. The average molecular weight is 291 g/mol. The molecule has 1 aliphatic heterocycles. The second-order valence-corrected chi connectivity index (χ2v) is 7.27. The van der Waals surface area contributed by atoms with Crippen LogP contribution in [-0.2, 0) is 19.6 Å². The standard InChI is InChI=1S/C11H17NO6S/c13-10(14)8-3-4-12(5-9(8)11(15)16)19(17,18)6-7-1-2-7/h7-9H,1-6H2,(H,13,14)(H,15,16). The normalized spacial score (nSPS) is 29.1. The molecule has 0 aromatic rings. The zero-order valence-electron chi connectivity index (χ0n) is 10.4. The highest BCUT2D eigenvalue weighted by Gasteiger charge is 2.43. The van der Waals surface area contributed by atoms with Gasteiger partial charge in [0, 0.05) is 13.1 Å². The second kappa shape index (κ2) is 5.09. The topological polar surface area (TPSA) is 112 Å². The molecule has 0 spiro atoms. The monoisotopic (exact) mass is 291 g/mol. The molecule has 1 saturated heterocycles. The van der Waals surface area contributed by atoms with Gasteiger partial charge in [0.25, 0.3) is 0 Å². The van der Waals surface area contributed by atoms with E-state index in [0.717, 1.165) is 17.1 Å². The number of rotatable bonds is 5. The van der Waals surface area contributed by atoms with Gasteiger partial charge in [0.2, 0.25) is 10.0 Å². The SMILES string of the molecule is O=C(O)C1CCN(S(=O)(=O)CC2CC2)CC1C(=O)O. The predicted octanol–water partition coefficient (Wildman–Crippen LogP) is -0.167. The summed E-state index contributed by atoms with van der Waals surface area (Å²) in [5.41, 5.74) is 0. The fraction of sp³-hybridized carbons (Fsp3) is 0.818. The fourth-order valence-electron chi connectivity index (χ4n) is 2.41. The van der Waals surface area contributed by atoms with E-state index in [0.29, 0.717) is 0 Å². The van der Waals surface area contributed by atoms with Crippen molar-refractivity contribution >= 4 is 22.0 Å². The highest BCUT2D eigenvalue weighted by molar-refractivity contribution is 7.89. The van der Waals surface area contributed by atoms with Crippen LogP contribution in [0.25, 0.3) is 0 Å². The number of hydrogen-bond acceptors (Lipinski definition) is 4. The molecular weight excluding hydrogens is 274 g/mol. The van der Waals surface area contributed by atoms with Crippen molar-refractivity contribution in [1.29, 1.82) is 0 Å². The average Bonchev–Trinajstić information content (AvgIpc) is 3.11. The molecule has 0 aromatic carbocycles. The molecule has 7 nitrogen and oxygen atoms in total. The van der Waals surface area contributed by atoms with Crippen LogP contribution in [0.1, 0.15) is 19.3 Å². The Morgan fingerprint density at radius 1 is 1.05 bits per heavy atom. The molecule has 1 aliphatic carbocycles. The van der Waals surface area contributed by atoms with E-state index < -0.39 is 33.8 Å². The quantitative estimate of drug-likeness (QED) is 0.727. The van der Waals surface area contributed by atoms with Crippen molar-refractivity contribution in [1.82, 2.24) is 4.31 Å². The molecule has 0 amide bonds. The van der Waals surface area contributed by atoms with Gasteiger partial charge < -0.3 is 10.2 Å². The zero-order chi connectivity index (χ0) is 14.2. The number of carboxylic acids is 2. The Labute approximate surface area is 111 Å². The smallest absolute Gasteiger partial charge is 0.308 e. The Balaban J connectivity index is 2.09. The highest BCUT2D eigenvalue weighted by atomic mass is 32.2. The molecule has 0 radical (unpaired) electrons. The first-order valence-electron chi connectivity index (χ1n) is 6.24. The molecule has 19 heavy (non-hydrogen) atoms. The number of carboxylic acid groups (broad SMARTS) is 2. The summed E-state index contributed by atoms with van der Waals surface area (Å²) < 4.78 is 25.3. The molecule has 2 N–H and O–H groups in total. The lowest BCUT2D eigenvalue weighted by Crippen LogP contribution is -2.49. The van der Waals surface area contributed by atoms with Crippen LogP contribution in [0.3, 0.4) is 0 Å². The summed E-state index contributed by atoms with van der Waals surface area (Å²) in [6.45, 7) is -0.142. The molecule has 2 unspecified atom stereocenters. The van der Waals surface area contributed by atoms with Crippen LogP contribution < -0.4 is 0 Å². The lowest BCUT2D eigenvalue weighted by Gasteiger charge is -2.33. The van der Waals surface area contributed by atoms with Gasteiger partial charge in [0.1, 0.15) is 0 Å². The van der Waals surface area contributed by atoms with Crippen molar-refractivity contribution < 1.29 is 28.2 Å². The summed E-state index contributed by atoms with van der Waals surface area (Å²) in [5.74, 6) is -4.36. The van der Waals surface area contributed by atoms with Gasteiger partial charge in [-0.25, -0.2) is 12.7 Å². The van der Waals surface area contributed by atoms with Gasteiger partial charge in [-0.15, -0.1) is 0 Å². The first-order chi connectivity index (χ1) is 8.81. The molecular formula is C11H17NO6S. The van der Waals surface area contributed by atoms with Crippen molar-refractivity contribution in [3.05, 3.63) is 0 Å². The highest BCUT2D eigenvalue weighted by Crippen LogP contribution is 2.33. The molecule has 1 saturated carbocycles. The van der Waals surface area contributed by atoms with E-state index in [1.54, 1.807) is 0 Å². The first kappa shape index (κ1) is 14.3. The van der Waals surface area contributed by atoms with Crippen molar-refractivity contribution in [3.63, 3.8) is 0 Å². The summed E-state index contributed by atoms with van der Waals surface area (Å²) in [6, 6.07) is 0. The van der Waals surface area contributed by atoms with Crippen LogP contribution >= 0.6 is 0 Å². The zero-order valence-corrected chi connectivity index (χ0v) is 11.2. The summed E-state index contributed by atoms with van der Waals surface area (Å²) in [5, 5.41) is 18.0. The maximum atomic E-state index is 12.1. The maximum Gasteiger partial charge on any atom is 0.308 e. The molecule has 0 aromatic heterocycles. The first-order valence-corrected chi connectivity index (χ1v) is 7.85. The minimum Gasteiger partial charge on any atom is -0.481 e. The fourth-order valence-corrected chi connectivity index (χ4v) is 4.32. The summed E-state index contributed by atoms with van der Waals surface area (Å²) in [6.07, 6.45) is 1.84. The van der Waals surface area contributed by atoms with Crippen LogP contribution in [0.15, 0.2) is 0 Å². The third-order valence-electron chi connectivity index (χ3n) is 3.75. The summed E-state index contributed by atoms with van der Waals surface area (Å²) >= 11 is 0. The van der Waals surface area contributed by atoms with Gasteiger partial charge in [0.15, 0.2) is 0 Å². The largest absolute Gasteiger partial charge is 0.481 e. The van der Waals surface area contributed by atoms with Crippen molar-refractivity contribution in [2.75, 3.05) is 18.8 Å². The van der Waals surface area contributed by atoms with Gasteiger partial charge in [-0.05, 0) is 25.2 Å². The molecule has 108 valence electrons. The van der Waals surface area contributed by atoms with Crippen LogP contribution in [0.4, 0.5) is 0 Å². The van der Waals surface area contributed by atoms with E-state index in [2.05, 4.69) is 0 Å². The molecule has 2 fully saturated rings. The van der Waals surface area contributed by atoms with Gasteiger partial charge in [-0.1, -0.05) is 0 Å². The van der Waals surface area contributed by atoms with E-state index >= 15 is 0 Å². The number of hydrogen-bond donors (Lipinski definition) is 2. The molecule has 8 heteroatoms. The number of aliphatic carboxylic acids is 2. The van der Waals surface area contributed by atoms with E-state index in [9.17, 15) is 18.0 Å². The van der Waals surface area contributed by atoms with E-state index in [1.807, 2.05) is 0 Å². The minimum atomic E-state index is -3.46. The third-order valence-corrected chi connectivity index (χ3v) is 5.76. The molecule has 2 aliphatic rings. The van der Waals surface area contributed by atoms with Gasteiger partial charge in [-0.3, -0.25) is 9.59 Å². The van der Waals surface area contributed by atoms with Crippen LogP contribution in [-0.4, -0.2) is 53.7 Å². The number of carbonyl (C=O) groups is 2. The minimum absolute atomic E-state index is 0.0518. The number of piperidine rings is 1. The Bertz CT molecular complexity index is 483. The van der Waals surface area contributed by atoms with E-state index in [4.69, 9.17) is 10.2 Å². The number of nitrogens with zero attached hydrogens (tertiary/aromatic N) is 1. The molecule has 2 rings (SSSR count). The van der Waals surface area contributed by atoms with Gasteiger partial charge in [-0.2, -0.15) is 0 Å². The van der Waals surface area contributed by atoms with Crippen LogP contribution in [0.5, 0.6) is 0 Å². The Morgan fingerprint density at radius 3 is 2.11 bits per heavy atom. The van der Waals surface area contributed by atoms with Crippen LogP contribution in [0.2, 0.25) is 0 Å². The van der Waals surface area contributed by atoms with Crippen LogP contribution in [0, 0.1) is 17.8 Å². The second-order valence-electron chi connectivity index (χ2n) is 5.26. The Kier molecular flexibility index (Phi) is 3.82. The lowest BCUT2D eigenvalue weighted by atomic mass is 9.86. The Hall–Kier alpha value is -1.15. The van der Waals surface area contributed by atoms with Crippen molar-refractivity contribution in [2.24, 2.45) is 17.8 Å². The van der Waals surface area contributed by atoms with Crippen molar-refractivity contribution in [2.45, 2.75) is 19.3 Å². The number of sulfonamides is 1. The summed E-state index contributed by atoms with van der Waals surface area (Å²) in [7, 11) is -3.46. The third kappa shape index (κ3) is 3.24. The van der Waals surface area contributed by atoms with E-state index in [-0.39, 0.29) is 31.2 Å². The van der Waals surface area contributed by atoms with Gasteiger partial charge >= 0.3 is 11.9 Å². The van der Waals surface area contributed by atoms with E-state index in [1.165, 1.54) is 0 Å². The Morgan fingerprint density at radius 2 is 1.63 bits per heavy atom. The molecule has 1 heterocycles. The maximum absolute atomic E-state index is 12.1.